The van der Waals surface area contributed by atoms with Gasteiger partial charge in [-0.3, -0.25) is 9.59 Å². The number of rotatable bonds is 6. The first-order valence-corrected chi connectivity index (χ1v) is 7.97. The van der Waals surface area contributed by atoms with E-state index in [0.29, 0.717) is 18.8 Å². The molecule has 2 rings (SSSR count). The molecule has 0 aliphatic heterocycles. The van der Waals surface area contributed by atoms with Crippen LogP contribution in [0.25, 0.3) is 0 Å². The van der Waals surface area contributed by atoms with Crippen molar-refractivity contribution >= 4 is 11.9 Å². The van der Waals surface area contributed by atoms with Gasteiger partial charge >= 0.3 is 5.97 Å². The standard InChI is InChI=1S/C18H25NO3/c1-12(2)14-5-7-15(8-6-14)13(3)19-16(20)11-18(17(21)22)9-4-10-18/h5-8,12-13H,4,9-11H2,1-3H3,(H,19,20)(H,21,22). The van der Waals surface area contributed by atoms with Crippen molar-refractivity contribution in [1.82, 2.24) is 5.32 Å². The molecule has 4 nitrogen and oxygen atoms in total. The summed E-state index contributed by atoms with van der Waals surface area (Å²) in [5.41, 5.74) is 1.47. The van der Waals surface area contributed by atoms with E-state index in [1.807, 2.05) is 19.1 Å². The van der Waals surface area contributed by atoms with Gasteiger partial charge in [-0.25, -0.2) is 0 Å². The molecular formula is C18H25NO3. The fourth-order valence-corrected chi connectivity index (χ4v) is 2.92. The number of hydrogen-bond donors (Lipinski definition) is 2. The van der Waals surface area contributed by atoms with E-state index < -0.39 is 11.4 Å². The summed E-state index contributed by atoms with van der Waals surface area (Å²) in [6.45, 7) is 6.21. The number of hydrogen-bond acceptors (Lipinski definition) is 2. The Balaban J connectivity index is 1.95. The Morgan fingerprint density at radius 3 is 2.09 bits per heavy atom. The van der Waals surface area contributed by atoms with Gasteiger partial charge in [-0.15, -0.1) is 0 Å². The van der Waals surface area contributed by atoms with Crippen molar-refractivity contribution in [3.63, 3.8) is 0 Å². The third-order valence-electron chi connectivity index (χ3n) is 4.74. The number of nitrogens with one attached hydrogen (secondary N) is 1. The van der Waals surface area contributed by atoms with Crippen LogP contribution in [-0.4, -0.2) is 17.0 Å². The Kier molecular flexibility index (Phi) is 4.89. The molecule has 1 saturated carbocycles. The van der Waals surface area contributed by atoms with Crippen molar-refractivity contribution in [1.29, 1.82) is 0 Å². The van der Waals surface area contributed by atoms with E-state index in [1.165, 1.54) is 5.56 Å². The minimum atomic E-state index is -0.845. The lowest BCUT2D eigenvalue weighted by atomic mass is 9.66. The van der Waals surface area contributed by atoms with Crippen molar-refractivity contribution in [3.8, 4) is 0 Å². The molecule has 2 N–H and O–H groups in total. The van der Waals surface area contributed by atoms with Crippen LogP contribution in [0.3, 0.4) is 0 Å². The van der Waals surface area contributed by atoms with Crippen LogP contribution < -0.4 is 5.32 Å². The summed E-state index contributed by atoms with van der Waals surface area (Å²) in [7, 11) is 0. The molecule has 1 amide bonds. The number of carbonyl (C=O) groups excluding carboxylic acids is 1. The lowest BCUT2D eigenvalue weighted by Crippen LogP contribution is -2.43. The predicted octanol–water partition coefficient (Wildman–Crippen LogP) is 3.63. The van der Waals surface area contributed by atoms with Crippen molar-refractivity contribution in [2.24, 2.45) is 5.41 Å². The van der Waals surface area contributed by atoms with Gasteiger partial charge in [-0.2, -0.15) is 0 Å². The van der Waals surface area contributed by atoms with Crippen LogP contribution >= 0.6 is 0 Å². The zero-order valence-electron chi connectivity index (χ0n) is 13.6. The smallest absolute Gasteiger partial charge is 0.310 e. The molecule has 22 heavy (non-hydrogen) atoms. The van der Waals surface area contributed by atoms with E-state index >= 15 is 0 Å². The van der Waals surface area contributed by atoms with Crippen molar-refractivity contribution in [2.75, 3.05) is 0 Å². The fraction of sp³-hybridized carbons (Fsp3) is 0.556. The SMILES string of the molecule is CC(C)c1ccc(C(C)NC(=O)CC2(C(=O)O)CCC2)cc1. The van der Waals surface area contributed by atoms with Gasteiger partial charge in [0.2, 0.25) is 5.91 Å². The molecule has 1 aromatic carbocycles. The zero-order valence-corrected chi connectivity index (χ0v) is 13.6. The fourth-order valence-electron chi connectivity index (χ4n) is 2.92. The summed E-state index contributed by atoms with van der Waals surface area (Å²) >= 11 is 0. The van der Waals surface area contributed by atoms with Gasteiger partial charge in [0, 0.05) is 6.42 Å². The number of aliphatic carboxylic acids is 1. The highest BCUT2D eigenvalue weighted by atomic mass is 16.4. The second-order valence-corrected chi connectivity index (χ2v) is 6.73. The molecule has 4 heteroatoms. The van der Waals surface area contributed by atoms with Crippen LogP contribution in [0.15, 0.2) is 24.3 Å². The Bertz CT molecular complexity index is 544. The van der Waals surface area contributed by atoms with E-state index in [9.17, 15) is 14.7 Å². The average Bonchev–Trinajstić information content (AvgIpc) is 2.42. The van der Waals surface area contributed by atoms with E-state index in [2.05, 4.69) is 31.3 Å². The van der Waals surface area contributed by atoms with Crippen LogP contribution in [0.4, 0.5) is 0 Å². The van der Waals surface area contributed by atoms with E-state index in [4.69, 9.17) is 0 Å². The second-order valence-electron chi connectivity index (χ2n) is 6.73. The molecule has 1 atom stereocenters. The molecule has 1 aliphatic rings. The summed E-state index contributed by atoms with van der Waals surface area (Å²) in [5, 5.41) is 12.2. The maximum absolute atomic E-state index is 12.1. The molecule has 0 aromatic heterocycles. The third-order valence-corrected chi connectivity index (χ3v) is 4.74. The lowest BCUT2D eigenvalue weighted by molar-refractivity contribution is -0.157. The molecular weight excluding hydrogens is 278 g/mol. The van der Waals surface area contributed by atoms with Crippen molar-refractivity contribution in [2.45, 2.75) is 58.4 Å². The number of benzene rings is 1. The van der Waals surface area contributed by atoms with Crippen LogP contribution in [-0.2, 0) is 9.59 Å². The molecule has 1 unspecified atom stereocenters. The van der Waals surface area contributed by atoms with E-state index in [-0.39, 0.29) is 18.4 Å². The van der Waals surface area contributed by atoms with Crippen LogP contribution in [0.2, 0.25) is 0 Å². The van der Waals surface area contributed by atoms with Crippen molar-refractivity contribution < 1.29 is 14.7 Å². The summed E-state index contributed by atoms with van der Waals surface area (Å²) in [5.74, 6) is -0.543. The molecule has 0 radical (unpaired) electrons. The van der Waals surface area contributed by atoms with Gasteiger partial charge in [0.05, 0.1) is 11.5 Å². The summed E-state index contributed by atoms with van der Waals surface area (Å²) < 4.78 is 0. The topological polar surface area (TPSA) is 66.4 Å². The highest BCUT2D eigenvalue weighted by Gasteiger charge is 2.45. The molecule has 0 spiro atoms. The van der Waals surface area contributed by atoms with Gasteiger partial charge in [-0.05, 0) is 36.8 Å². The van der Waals surface area contributed by atoms with E-state index in [1.54, 1.807) is 0 Å². The monoisotopic (exact) mass is 303 g/mol. The Morgan fingerprint density at radius 2 is 1.68 bits per heavy atom. The van der Waals surface area contributed by atoms with Gasteiger partial charge in [0.1, 0.15) is 0 Å². The molecule has 0 bridgehead atoms. The lowest BCUT2D eigenvalue weighted by Gasteiger charge is -2.37. The normalized spacial score (nSPS) is 17.6. The zero-order chi connectivity index (χ0) is 16.3. The van der Waals surface area contributed by atoms with Crippen LogP contribution in [0.1, 0.15) is 69.5 Å². The molecule has 0 heterocycles. The third kappa shape index (κ3) is 3.49. The predicted molar refractivity (Wildman–Crippen MR) is 85.6 cm³/mol. The number of carboxylic acid groups (broad SMARTS) is 1. The first kappa shape index (κ1) is 16.5. The van der Waals surface area contributed by atoms with Gasteiger partial charge in [0.25, 0.3) is 0 Å². The number of carbonyl (C=O) groups is 2. The largest absolute Gasteiger partial charge is 0.481 e. The minimum Gasteiger partial charge on any atom is -0.481 e. The van der Waals surface area contributed by atoms with Crippen molar-refractivity contribution in [3.05, 3.63) is 35.4 Å². The second kappa shape index (κ2) is 6.51. The van der Waals surface area contributed by atoms with Gasteiger partial charge in [0.15, 0.2) is 0 Å². The quantitative estimate of drug-likeness (QED) is 0.843. The molecule has 1 aliphatic carbocycles. The van der Waals surface area contributed by atoms with Crippen LogP contribution in [0, 0.1) is 5.41 Å². The summed E-state index contributed by atoms with van der Waals surface area (Å²) in [4.78, 5) is 23.5. The van der Waals surface area contributed by atoms with E-state index in [0.717, 1.165) is 12.0 Å². The molecule has 0 saturated heterocycles. The highest BCUT2D eigenvalue weighted by molar-refractivity contribution is 5.85. The molecule has 1 fully saturated rings. The Labute approximate surface area is 131 Å². The molecule has 1 aromatic rings. The van der Waals surface area contributed by atoms with Gasteiger partial charge in [-0.1, -0.05) is 44.5 Å². The minimum absolute atomic E-state index is 0.0801. The average molecular weight is 303 g/mol. The van der Waals surface area contributed by atoms with Gasteiger partial charge < -0.3 is 10.4 Å². The maximum Gasteiger partial charge on any atom is 0.310 e. The molecule has 120 valence electrons. The van der Waals surface area contributed by atoms with Crippen LogP contribution in [0.5, 0.6) is 0 Å². The summed E-state index contributed by atoms with van der Waals surface area (Å²) in [6, 6.07) is 8.09. The maximum atomic E-state index is 12.1. The Hall–Kier alpha value is -1.84. The number of amides is 1. The highest BCUT2D eigenvalue weighted by Crippen LogP contribution is 2.44. The summed E-state index contributed by atoms with van der Waals surface area (Å²) in [6.07, 6.45) is 2.18. The Morgan fingerprint density at radius 1 is 1.14 bits per heavy atom. The number of carboxylic acids is 1. The first-order chi connectivity index (χ1) is 10.3. The first-order valence-electron chi connectivity index (χ1n) is 7.97.